The summed E-state index contributed by atoms with van der Waals surface area (Å²) in [7, 11) is 0. The highest BCUT2D eigenvalue weighted by Crippen LogP contribution is 2.28. The van der Waals surface area contributed by atoms with Crippen molar-refractivity contribution < 1.29 is 9.90 Å². The zero-order valence-electron chi connectivity index (χ0n) is 17.2. The van der Waals surface area contributed by atoms with Crippen LogP contribution in [0.2, 0.25) is 0 Å². The first kappa shape index (κ1) is 22.0. The monoisotopic (exact) mass is 403 g/mol. The lowest BCUT2D eigenvalue weighted by Crippen LogP contribution is -2.30. The van der Waals surface area contributed by atoms with Crippen LogP contribution in [0, 0.1) is 6.92 Å². The minimum atomic E-state index is -0.236. The average Bonchev–Trinajstić information content (AvgIpc) is 2.67. The Morgan fingerprint density at radius 1 is 1.21 bits per heavy atom. The molecule has 0 aliphatic rings. The molecular formula is C21H29N3O3S. The minimum absolute atomic E-state index is 0.0777. The molecule has 1 amide bonds. The van der Waals surface area contributed by atoms with Crippen LogP contribution < -0.4 is 10.9 Å². The average molecular weight is 404 g/mol. The Hall–Kier alpha value is -2.28. The second-order valence-electron chi connectivity index (χ2n) is 7.08. The third-order valence-corrected chi connectivity index (χ3v) is 5.85. The zero-order valence-corrected chi connectivity index (χ0v) is 18.0. The molecule has 2 rings (SSSR count). The molecule has 0 aliphatic carbocycles. The summed E-state index contributed by atoms with van der Waals surface area (Å²) < 4.78 is 1.60. The molecule has 0 aliphatic heterocycles. The molecule has 0 saturated heterocycles. The molecular weight excluding hydrogens is 374 g/mol. The fourth-order valence-electron chi connectivity index (χ4n) is 2.79. The Labute approximate surface area is 170 Å². The molecule has 0 saturated carbocycles. The van der Waals surface area contributed by atoms with Crippen LogP contribution in [0.25, 0.3) is 0 Å². The van der Waals surface area contributed by atoms with Gasteiger partial charge in [0.05, 0.1) is 11.3 Å². The minimum Gasteiger partial charge on any atom is -0.493 e. The molecule has 0 bridgehead atoms. The van der Waals surface area contributed by atoms with Crippen LogP contribution in [0.15, 0.2) is 34.2 Å². The summed E-state index contributed by atoms with van der Waals surface area (Å²) in [5.74, 6) is -0.414. The van der Waals surface area contributed by atoms with Crippen LogP contribution in [0.5, 0.6) is 5.88 Å². The molecule has 2 atom stereocenters. The van der Waals surface area contributed by atoms with Gasteiger partial charge in [0.2, 0.25) is 11.8 Å². The number of benzene rings is 1. The summed E-state index contributed by atoms with van der Waals surface area (Å²) in [6.07, 6.45) is 1.48. The van der Waals surface area contributed by atoms with Crippen molar-refractivity contribution in [3.63, 3.8) is 0 Å². The third-order valence-electron chi connectivity index (χ3n) is 4.90. The van der Waals surface area contributed by atoms with Crippen LogP contribution in [0.1, 0.15) is 63.6 Å². The fraction of sp³-hybridized carbons (Fsp3) is 0.476. The number of anilines is 1. The zero-order chi connectivity index (χ0) is 20.8. The van der Waals surface area contributed by atoms with E-state index in [-0.39, 0.29) is 35.1 Å². The lowest BCUT2D eigenvalue weighted by Gasteiger charge is -2.20. The normalized spacial score (nSPS) is 13.2. The molecule has 0 radical (unpaired) electrons. The van der Waals surface area contributed by atoms with Crippen molar-refractivity contribution in [3.8, 4) is 5.88 Å². The fourth-order valence-corrected chi connectivity index (χ4v) is 3.67. The van der Waals surface area contributed by atoms with E-state index in [0.29, 0.717) is 10.7 Å². The lowest BCUT2D eigenvalue weighted by atomic mass is 10.0. The Morgan fingerprint density at radius 3 is 2.43 bits per heavy atom. The van der Waals surface area contributed by atoms with E-state index in [1.807, 2.05) is 58.9 Å². The summed E-state index contributed by atoms with van der Waals surface area (Å²) in [5.41, 5.74) is 1.96. The highest BCUT2D eigenvalue weighted by Gasteiger charge is 2.23. The van der Waals surface area contributed by atoms with Gasteiger partial charge < -0.3 is 10.4 Å². The second kappa shape index (κ2) is 9.78. The van der Waals surface area contributed by atoms with Gasteiger partial charge in [-0.25, -0.2) is 0 Å². The maximum absolute atomic E-state index is 13.0. The van der Waals surface area contributed by atoms with Crippen LogP contribution in [0.4, 0.5) is 5.69 Å². The quantitative estimate of drug-likeness (QED) is 0.502. The molecule has 28 heavy (non-hydrogen) atoms. The van der Waals surface area contributed by atoms with E-state index in [1.165, 1.54) is 0 Å². The molecule has 152 valence electrons. The summed E-state index contributed by atoms with van der Waals surface area (Å²) >= 11 is 1.16. The summed E-state index contributed by atoms with van der Waals surface area (Å²) in [4.78, 5) is 29.6. The van der Waals surface area contributed by atoms with E-state index in [2.05, 4.69) is 10.3 Å². The first-order chi connectivity index (χ1) is 13.3. The van der Waals surface area contributed by atoms with Crippen LogP contribution >= 0.6 is 11.8 Å². The van der Waals surface area contributed by atoms with Gasteiger partial charge >= 0.3 is 0 Å². The van der Waals surface area contributed by atoms with Gasteiger partial charge in [0, 0.05) is 11.7 Å². The van der Waals surface area contributed by atoms with Crippen molar-refractivity contribution in [2.24, 2.45) is 0 Å². The van der Waals surface area contributed by atoms with Gasteiger partial charge in [-0.1, -0.05) is 50.2 Å². The Bertz CT molecular complexity index is 878. The summed E-state index contributed by atoms with van der Waals surface area (Å²) in [5, 5.41) is 13.5. The Kier molecular flexibility index (Phi) is 7.69. The van der Waals surface area contributed by atoms with E-state index in [9.17, 15) is 14.7 Å². The molecule has 2 N–H and O–H groups in total. The number of aromatic nitrogens is 2. The number of nitrogens with one attached hydrogen (secondary N) is 1. The lowest BCUT2D eigenvalue weighted by molar-refractivity contribution is -0.113. The molecule has 6 nitrogen and oxygen atoms in total. The topological polar surface area (TPSA) is 84.2 Å². The van der Waals surface area contributed by atoms with Gasteiger partial charge in [-0.05, 0) is 44.7 Å². The van der Waals surface area contributed by atoms with Crippen LogP contribution in [-0.2, 0) is 4.79 Å². The van der Waals surface area contributed by atoms with E-state index >= 15 is 0 Å². The van der Waals surface area contributed by atoms with Gasteiger partial charge in [0.15, 0.2) is 5.16 Å². The van der Waals surface area contributed by atoms with Crippen molar-refractivity contribution in [3.05, 3.63) is 45.7 Å². The number of rotatable bonds is 8. The predicted molar refractivity (Wildman–Crippen MR) is 114 cm³/mol. The first-order valence-electron chi connectivity index (χ1n) is 9.63. The van der Waals surface area contributed by atoms with Crippen molar-refractivity contribution in [2.75, 3.05) is 11.1 Å². The Balaban J connectivity index is 2.25. The first-order valence-corrected chi connectivity index (χ1v) is 10.6. The number of carbonyl (C=O) groups is 1. The van der Waals surface area contributed by atoms with Gasteiger partial charge in [0.1, 0.15) is 0 Å². The standard InChI is InChI=1S/C21H29N3O3S/c1-6-14(4)18-19(26)23-21(24(20(18)27)15(5)7-2)28-12-17(25)22-16-10-8-13(3)9-11-16/h8-11,14-15,26H,6-7,12H2,1-5H3,(H,22,25)/t14-,15-/m0/s1. The van der Waals surface area contributed by atoms with Crippen molar-refractivity contribution in [1.82, 2.24) is 9.55 Å². The van der Waals surface area contributed by atoms with E-state index < -0.39 is 0 Å². The third kappa shape index (κ3) is 5.16. The van der Waals surface area contributed by atoms with Crippen LogP contribution in [0.3, 0.4) is 0 Å². The van der Waals surface area contributed by atoms with E-state index in [4.69, 9.17) is 0 Å². The smallest absolute Gasteiger partial charge is 0.261 e. The molecule has 1 aromatic heterocycles. The van der Waals surface area contributed by atoms with Gasteiger partial charge in [-0.3, -0.25) is 14.2 Å². The molecule has 1 heterocycles. The van der Waals surface area contributed by atoms with Crippen molar-refractivity contribution in [2.45, 2.75) is 64.6 Å². The highest BCUT2D eigenvalue weighted by molar-refractivity contribution is 7.99. The largest absolute Gasteiger partial charge is 0.493 e. The molecule has 1 aromatic carbocycles. The molecule has 7 heteroatoms. The predicted octanol–water partition coefficient (Wildman–Crippen LogP) is 4.47. The van der Waals surface area contributed by atoms with Gasteiger partial charge in [-0.15, -0.1) is 0 Å². The van der Waals surface area contributed by atoms with Gasteiger partial charge in [0.25, 0.3) is 5.56 Å². The number of thioether (sulfide) groups is 1. The number of amides is 1. The Morgan fingerprint density at radius 2 is 1.86 bits per heavy atom. The van der Waals surface area contributed by atoms with E-state index in [0.717, 1.165) is 35.9 Å². The molecule has 0 fully saturated rings. The maximum atomic E-state index is 13.0. The van der Waals surface area contributed by atoms with Crippen molar-refractivity contribution in [1.29, 1.82) is 0 Å². The number of aromatic hydroxyl groups is 1. The number of carbonyl (C=O) groups excluding carboxylic acids is 1. The number of aryl methyl sites for hydroxylation is 1. The van der Waals surface area contributed by atoms with E-state index in [1.54, 1.807) is 4.57 Å². The number of hydrogen-bond donors (Lipinski definition) is 2. The molecule has 2 aromatic rings. The highest BCUT2D eigenvalue weighted by atomic mass is 32.2. The van der Waals surface area contributed by atoms with Gasteiger partial charge in [-0.2, -0.15) is 4.98 Å². The molecule has 0 spiro atoms. The summed E-state index contributed by atoms with van der Waals surface area (Å²) in [6, 6.07) is 7.47. The number of hydrogen-bond acceptors (Lipinski definition) is 5. The number of nitrogens with zero attached hydrogens (tertiary/aromatic N) is 2. The van der Waals surface area contributed by atoms with Crippen LogP contribution in [-0.4, -0.2) is 26.3 Å². The SMILES string of the molecule is CC[C@H](C)c1c(O)nc(SCC(=O)Nc2ccc(C)cc2)n([C@@H](C)CC)c1=O. The summed E-state index contributed by atoms with van der Waals surface area (Å²) in [6.45, 7) is 9.79. The second-order valence-corrected chi connectivity index (χ2v) is 8.02. The van der Waals surface area contributed by atoms with Crippen molar-refractivity contribution >= 4 is 23.4 Å². The maximum Gasteiger partial charge on any atom is 0.261 e. The molecule has 0 unspecified atom stereocenters.